The average molecular weight is 430 g/mol. The second kappa shape index (κ2) is 12.1. The fourth-order valence-corrected chi connectivity index (χ4v) is 4.69. The Morgan fingerprint density at radius 2 is 1.87 bits per heavy atom. The van der Waals surface area contributed by atoms with Crippen molar-refractivity contribution in [3.63, 3.8) is 0 Å². The van der Waals surface area contributed by atoms with E-state index in [-0.39, 0.29) is 11.8 Å². The molecule has 1 aromatic carbocycles. The molecule has 1 aliphatic heterocycles. The molecule has 6 heteroatoms. The third-order valence-corrected chi connectivity index (χ3v) is 6.71. The Bertz CT molecular complexity index is 723. The Balaban J connectivity index is 1.67. The number of methoxy groups -OCH3 is 1. The van der Waals surface area contributed by atoms with Crippen molar-refractivity contribution in [3.8, 4) is 0 Å². The first-order valence-corrected chi connectivity index (χ1v) is 12.0. The molecule has 172 valence electrons. The predicted octanol–water partition coefficient (Wildman–Crippen LogP) is 4.60. The number of nitrogens with zero attached hydrogens (tertiary/aromatic N) is 1. The SMILES string of the molecule is COCCCNC(=O)c1cc(NC(=O)CCC2CCCC2)ccc1N1CCC(C)CC1. The number of carbonyl (C=O) groups excluding carboxylic acids is 2. The van der Waals surface area contributed by atoms with Crippen LogP contribution in [0.4, 0.5) is 11.4 Å². The summed E-state index contributed by atoms with van der Waals surface area (Å²) in [4.78, 5) is 27.8. The molecule has 2 amide bonds. The fraction of sp³-hybridized carbons (Fsp3) is 0.680. The van der Waals surface area contributed by atoms with Gasteiger partial charge >= 0.3 is 0 Å². The molecule has 1 aromatic rings. The van der Waals surface area contributed by atoms with E-state index in [1.807, 2.05) is 18.2 Å². The van der Waals surface area contributed by atoms with E-state index in [2.05, 4.69) is 22.5 Å². The third-order valence-electron chi connectivity index (χ3n) is 6.71. The van der Waals surface area contributed by atoms with E-state index in [9.17, 15) is 9.59 Å². The van der Waals surface area contributed by atoms with Crippen molar-refractivity contribution in [1.82, 2.24) is 5.32 Å². The molecule has 0 spiro atoms. The van der Waals surface area contributed by atoms with Crippen LogP contribution >= 0.6 is 0 Å². The molecule has 0 bridgehead atoms. The quantitative estimate of drug-likeness (QED) is 0.533. The van der Waals surface area contributed by atoms with Crippen LogP contribution in [0.5, 0.6) is 0 Å². The first kappa shape index (κ1) is 23.6. The predicted molar refractivity (Wildman–Crippen MR) is 126 cm³/mol. The molecule has 1 saturated carbocycles. The van der Waals surface area contributed by atoms with E-state index in [1.165, 1.54) is 25.7 Å². The Hall–Kier alpha value is -2.08. The van der Waals surface area contributed by atoms with Crippen LogP contribution < -0.4 is 15.5 Å². The number of hydrogen-bond donors (Lipinski definition) is 2. The van der Waals surface area contributed by atoms with Gasteiger partial charge in [0.25, 0.3) is 5.91 Å². The van der Waals surface area contributed by atoms with Crippen LogP contribution in [-0.4, -0.2) is 45.2 Å². The molecule has 0 radical (unpaired) electrons. The molecule has 1 heterocycles. The van der Waals surface area contributed by atoms with Crippen LogP contribution in [0.1, 0.15) is 75.1 Å². The smallest absolute Gasteiger partial charge is 0.253 e. The largest absolute Gasteiger partial charge is 0.385 e. The van der Waals surface area contributed by atoms with Crippen LogP contribution in [0.2, 0.25) is 0 Å². The molecule has 0 aromatic heterocycles. The maximum Gasteiger partial charge on any atom is 0.253 e. The molecular formula is C25H39N3O3. The second-order valence-electron chi connectivity index (χ2n) is 9.24. The number of rotatable bonds is 10. The summed E-state index contributed by atoms with van der Waals surface area (Å²) in [6.07, 6.45) is 9.66. The van der Waals surface area contributed by atoms with Crippen molar-refractivity contribution in [2.75, 3.05) is 43.6 Å². The standard InChI is InChI=1S/C25H39N3O3/c1-19-12-15-28(16-13-19)23-10-9-21(18-22(23)25(30)26-14-5-17-31-2)27-24(29)11-8-20-6-3-4-7-20/h9-10,18-20H,3-8,11-17H2,1-2H3,(H,26,30)(H,27,29). The number of anilines is 2. The van der Waals surface area contributed by atoms with Crippen LogP contribution in [-0.2, 0) is 9.53 Å². The summed E-state index contributed by atoms with van der Waals surface area (Å²) in [5, 5.41) is 6.02. The maximum atomic E-state index is 13.0. The highest BCUT2D eigenvalue weighted by Gasteiger charge is 2.22. The summed E-state index contributed by atoms with van der Waals surface area (Å²) >= 11 is 0. The Morgan fingerprint density at radius 3 is 2.58 bits per heavy atom. The lowest BCUT2D eigenvalue weighted by molar-refractivity contribution is -0.116. The van der Waals surface area contributed by atoms with Gasteiger partial charge < -0.3 is 20.3 Å². The molecule has 0 atom stereocenters. The first-order valence-electron chi connectivity index (χ1n) is 12.0. The van der Waals surface area contributed by atoms with Crippen molar-refractivity contribution in [1.29, 1.82) is 0 Å². The van der Waals surface area contributed by atoms with Crippen LogP contribution in [0.25, 0.3) is 0 Å². The van der Waals surface area contributed by atoms with Gasteiger partial charge in [0.05, 0.1) is 5.56 Å². The number of piperidine rings is 1. The monoisotopic (exact) mass is 429 g/mol. The first-order chi connectivity index (χ1) is 15.1. The minimum Gasteiger partial charge on any atom is -0.385 e. The minimum absolute atomic E-state index is 0.0397. The third kappa shape index (κ3) is 7.23. The molecule has 2 N–H and O–H groups in total. The van der Waals surface area contributed by atoms with E-state index >= 15 is 0 Å². The average Bonchev–Trinajstić information content (AvgIpc) is 3.30. The number of hydrogen-bond acceptors (Lipinski definition) is 4. The summed E-state index contributed by atoms with van der Waals surface area (Å²) in [6, 6.07) is 5.77. The van der Waals surface area contributed by atoms with Crippen LogP contribution in [0, 0.1) is 11.8 Å². The molecule has 2 fully saturated rings. The van der Waals surface area contributed by atoms with Crippen LogP contribution in [0.15, 0.2) is 18.2 Å². The lowest BCUT2D eigenvalue weighted by Crippen LogP contribution is -2.35. The molecular weight excluding hydrogens is 390 g/mol. The van der Waals surface area contributed by atoms with Crippen molar-refractivity contribution < 1.29 is 14.3 Å². The molecule has 2 aliphatic rings. The van der Waals surface area contributed by atoms with Gasteiger partial charge in [-0.05, 0) is 55.7 Å². The van der Waals surface area contributed by atoms with E-state index in [1.54, 1.807) is 7.11 Å². The van der Waals surface area contributed by atoms with E-state index in [0.717, 1.165) is 50.4 Å². The molecule has 1 saturated heterocycles. The van der Waals surface area contributed by atoms with Gasteiger partial charge in [0, 0.05) is 51.1 Å². The lowest BCUT2D eigenvalue weighted by atomic mass is 9.97. The Kier molecular flexibility index (Phi) is 9.19. The number of benzene rings is 1. The van der Waals surface area contributed by atoms with Crippen molar-refractivity contribution >= 4 is 23.2 Å². The molecule has 0 unspecified atom stereocenters. The maximum absolute atomic E-state index is 13.0. The van der Waals surface area contributed by atoms with Gasteiger partial charge in [0.2, 0.25) is 5.91 Å². The topological polar surface area (TPSA) is 70.7 Å². The highest BCUT2D eigenvalue weighted by Crippen LogP contribution is 2.30. The van der Waals surface area contributed by atoms with Crippen molar-refractivity contribution in [2.45, 2.75) is 64.7 Å². The zero-order chi connectivity index (χ0) is 22.1. The zero-order valence-corrected chi connectivity index (χ0v) is 19.3. The van der Waals surface area contributed by atoms with Gasteiger partial charge in [-0.15, -0.1) is 0 Å². The van der Waals surface area contributed by atoms with E-state index in [0.29, 0.717) is 36.7 Å². The second-order valence-corrected chi connectivity index (χ2v) is 9.24. The fourth-order valence-electron chi connectivity index (χ4n) is 4.69. The van der Waals surface area contributed by atoms with Gasteiger partial charge in [0.15, 0.2) is 0 Å². The summed E-state index contributed by atoms with van der Waals surface area (Å²) in [5.74, 6) is 1.37. The van der Waals surface area contributed by atoms with E-state index < -0.39 is 0 Å². The summed E-state index contributed by atoms with van der Waals surface area (Å²) in [5.41, 5.74) is 2.30. The van der Waals surface area contributed by atoms with Gasteiger partial charge in [-0.1, -0.05) is 32.6 Å². The summed E-state index contributed by atoms with van der Waals surface area (Å²) < 4.78 is 5.07. The molecule has 6 nitrogen and oxygen atoms in total. The van der Waals surface area contributed by atoms with E-state index in [4.69, 9.17) is 4.74 Å². The summed E-state index contributed by atoms with van der Waals surface area (Å²) in [7, 11) is 1.66. The molecule has 1 aliphatic carbocycles. The van der Waals surface area contributed by atoms with Gasteiger partial charge in [-0.3, -0.25) is 9.59 Å². The number of amides is 2. The normalized spacial score (nSPS) is 17.7. The molecule has 31 heavy (non-hydrogen) atoms. The number of carbonyl (C=O) groups is 2. The molecule has 3 rings (SSSR count). The van der Waals surface area contributed by atoms with Crippen molar-refractivity contribution in [3.05, 3.63) is 23.8 Å². The highest BCUT2D eigenvalue weighted by molar-refractivity contribution is 6.02. The van der Waals surface area contributed by atoms with Gasteiger partial charge in [-0.25, -0.2) is 0 Å². The van der Waals surface area contributed by atoms with Crippen molar-refractivity contribution in [2.24, 2.45) is 11.8 Å². The Labute approximate surface area is 187 Å². The summed E-state index contributed by atoms with van der Waals surface area (Å²) in [6.45, 7) is 5.39. The highest BCUT2D eigenvalue weighted by atomic mass is 16.5. The van der Waals surface area contributed by atoms with Crippen LogP contribution in [0.3, 0.4) is 0 Å². The lowest BCUT2D eigenvalue weighted by Gasteiger charge is -2.33. The number of ether oxygens (including phenoxy) is 1. The van der Waals surface area contributed by atoms with Gasteiger partial charge in [0.1, 0.15) is 0 Å². The zero-order valence-electron chi connectivity index (χ0n) is 19.3. The minimum atomic E-state index is -0.0909. The van der Waals surface area contributed by atoms with Gasteiger partial charge in [-0.2, -0.15) is 0 Å². The number of nitrogens with one attached hydrogen (secondary N) is 2. The Morgan fingerprint density at radius 1 is 1.13 bits per heavy atom.